The average Bonchev–Trinajstić information content (AvgIpc) is 3.03. The highest BCUT2D eigenvalue weighted by atomic mass is 79.9. The van der Waals surface area contributed by atoms with Crippen molar-refractivity contribution in [1.29, 1.82) is 0 Å². The van der Waals surface area contributed by atoms with Crippen LogP contribution in [0.3, 0.4) is 0 Å². The molecule has 0 spiro atoms. The predicted octanol–water partition coefficient (Wildman–Crippen LogP) is 4.18. The number of alkyl halides is 1. The molecule has 3 heteroatoms. The minimum absolute atomic E-state index is 0.566. The third-order valence-corrected chi connectivity index (χ3v) is 3.87. The molecule has 0 N–H and O–H groups in total. The molecule has 15 heavy (non-hydrogen) atoms. The second-order valence-corrected chi connectivity index (χ2v) is 5.05. The molecule has 1 aliphatic rings. The summed E-state index contributed by atoms with van der Waals surface area (Å²) in [5, 5.41) is 0. The van der Waals surface area contributed by atoms with Crippen molar-refractivity contribution >= 4 is 33.2 Å². The lowest BCUT2D eigenvalue weighted by Gasteiger charge is -2.23. The molecule has 0 bridgehead atoms. The van der Waals surface area contributed by atoms with E-state index < -0.39 is 0 Å². The van der Waals surface area contributed by atoms with Gasteiger partial charge >= 0.3 is 0 Å². The molecule has 1 fully saturated rings. The predicted molar refractivity (Wildman–Crippen MR) is 69.7 cm³/mol. The monoisotopic (exact) mass is 287 g/mol. The molecule has 1 aromatic rings. The van der Waals surface area contributed by atoms with E-state index in [4.69, 9.17) is 11.6 Å². The molecular weight excluding hydrogens is 273 g/mol. The van der Waals surface area contributed by atoms with Gasteiger partial charge in [0.25, 0.3) is 0 Å². The molecular formula is C12H15BrClN. The van der Waals surface area contributed by atoms with Crippen molar-refractivity contribution in [3.05, 3.63) is 28.2 Å². The number of anilines is 1. The van der Waals surface area contributed by atoms with Gasteiger partial charge in [-0.25, -0.2) is 0 Å². The van der Waals surface area contributed by atoms with Gasteiger partial charge in [-0.15, -0.1) is 11.6 Å². The molecule has 82 valence electrons. The van der Waals surface area contributed by atoms with Crippen LogP contribution in [0, 0.1) is 0 Å². The first kappa shape index (κ1) is 11.3. The second-order valence-electron chi connectivity index (χ2n) is 3.93. The van der Waals surface area contributed by atoms with E-state index >= 15 is 0 Å². The van der Waals surface area contributed by atoms with Crippen LogP contribution >= 0.6 is 27.5 Å². The Labute approximate surface area is 105 Å². The molecule has 0 aliphatic heterocycles. The van der Waals surface area contributed by atoms with Crippen LogP contribution in [-0.4, -0.2) is 12.6 Å². The fraction of sp³-hybridized carbons (Fsp3) is 0.500. The van der Waals surface area contributed by atoms with Gasteiger partial charge in [0.05, 0.1) is 0 Å². The molecule has 0 heterocycles. The number of rotatable bonds is 4. The first-order valence-electron chi connectivity index (χ1n) is 5.37. The second kappa shape index (κ2) is 4.75. The van der Waals surface area contributed by atoms with Gasteiger partial charge in [-0.05, 0) is 37.5 Å². The number of hydrogen-bond acceptors (Lipinski definition) is 1. The molecule has 1 nitrogen and oxygen atoms in total. The fourth-order valence-electron chi connectivity index (χ4n) is 1.86. The zero-order chi connectivity index (χ0) is 10.8. The van der Waals surface area contributed by atoms with Crippen LogP contribution in [0.5, 0.6) is 0 Å². The van der Waals surface area contributed by atoms with Crippen molar-refractivity contribution in [2.75, 3.05) is 11.4 Å². The Morgan fingerprint density at radius 3 is 2.67 bits per heavy atom. The number of hydrogen-bond donors (Lipinski definition) is 0. The highest BCUT2D eigenvalue weighted by Gasteiger charge is 2.28. The Balaban J connectivity index is 2.23. The lowest BCUT2D eigenvalue weighted by Crippen LogP contribution is -2.24. The van der Waals surface area contributed by atoms with Gasteiger partial charge in [0, 0.05) is 28.6 Å². The summed E-state index contributed by atoms with van der Waals surface area (Å²) in [6.45, 7) is 3.29. The normalized spacial score (nSPS) is 15.4. The van der Waals surface area contributed by atoms with Gasteiger partial charge in [-0.1, -0.05) is 22.0 Å². The fourth-order valence-corrected chi connectivity index (χ4v) is 2.76. The molecule has 0 saturated heterocycles. The van der Waals surface area contributed by atoms with Crippen LogP contribution in [0.15, 0.2) is 22.7 Å². The van der Waals surface area contributed by atoms with Gasteiger partial charge in [0.1, 0.15) is 0 Å². The standard InChI is InChI=1S/C12H15BrClN/c1-2-15(10-5-6-10)11-4-3-9(8-14)12(13)7-11/h3-4,7,10H,2,5-6,8H2,1H3. The number of halogens is 2. The van der Waals surface area contributed by atoms with Crippen LogP contribution in [0.4, 0.5) is 5.69 Å². The maximum atomic E-state index is 5.83. The van der Waals surface area contributed by atoms with Gasteiger partial charge in [-0.2, -0.15) is 0 Å². The summed E-state index contributed by atoms with van der Waals surface area (Å²) >= 11 is 9.39. The van der Waals surface area contributed by atoms with E-state index in [-0.39, 0.29) is 0 Å². The Hall–Kier alpha value is -0.210. The molecule has 1 saturated carbocycles. The van der Waals surface area contributed by atoms with Crippen LogP contribution < -0.4 is 4.90 Å². The topological polar surface area (TPSA) is 3.24 Å². The van der Waals surface area contributed by atoms with Crippen molar-refractivity contribution in [2.24, 2.45) is 0 Å². The van der Waals surface area contributed by atoms with Crippen LogP contribution in [-0.2, 0) is 5.88 Å². The molecule has 2 rings (SSSR count). The van der Waals surface area contributed by atoms with Crippen LogP contribution in [0.2, 0.25) is 0 Å². The minimum atomic E-state index is 0.566. The molecule has 0 atom stereocenters. The summed E-state index contributed by atoms with van der Waals surface area (Å²) in [5.74, 6) is 0.566. The van der Waals surface area contributed by atoms with Crippen molar-refractivity contribution in [1.82, 2.24) is 0 Å². The third kappa shape index (κ3) is 2.48. The van der Waals surface area contributed by atoms with Crippen molar-refractivity contribution in [3.8, 4) is 0 Å². The lowest BCUT2D eigenvalue weighted by atomic mass is 10.2. The Bertz CT molecular complexity index is 349. The van der Waals surface area contributed by atoms with Crippen LogP contribution in [0.25, 0.3) is 0 Å². The zero-order valence-corrected chi connectivity index (χ0v) is 11.2. The van der Waals surface area contributed by atoms with E-state index in [9.17, 15) is 0 Å². The number of benzene rings is 1. The highest BCUT2D eigenvalue weighted by molar-refractivity contribution is 9.10. The summed E-state index contributed by atoms with van der Waals surface area (Å²) in [7, 11) is 0. The molecule has 1 aromatic carbocycles. The van der Waals surface area contributed by atoms with E-state index in [1.54, 1.807) is 0 Å². The van der Waals surface area contributed by atoms with Crippen LogP contribution in [0.1, 0.15) is 25.3 Å². The third-order valence-electron chi connectivity index (χ3n) is 2.84. The molecule has 0 aromatic heterocycles. The Morgan fingerprint density at radius 1 is 1.47 bits per heavy atom. The van der Waals surface area contributed by atoms with E-state index in [1.165, 1.54) is 18.5 Å². The molecule has 0 amide bonds. The summed E-state index contributed by atoms with van der Waals surface area (Å²) in [4.78, 5) is 2.46. The van der Waals surface area contributed by atoms with E-state index in [0.717, 1.165) is 22.6 Å². The van der Waals surface area contributed by atoms with Crippen molar-refractivity contribution < 1.29 is 0 Å². The molecule has 0 radical (unpaired) electrons. The smallest absolute Gasteiger partial charge is 0.0485 e. The number of nitrogens with zero attached hydrogens (tertiary/aromatic N) is 1. The average molecular weight is 289 g/mol. The molecule has 1 aliphatic carbocycles. The summed E-state index contributed by atoms with van der Waals surface area (Å²) in [6.07, 6.45) is 2.67. The van der Waals surface area contributed by atoms with Gasteiger partial charge in [0.15, 0.2) is 0 Å². The SMILES string of the molecule is CCN(c1ccc(CCl)c(Br)c1)C1CC1. The highest BCUT2D eigenvalue weighted by Crippen LogP contribution is 2.33. The minimum Gasteiger partial charge on any atom is -0.369 e. The Morgan fingerprint density at radius 2 is 2.20 bits per heavy atom. The molecule has 0 unspecified atom stereocenters. The largest absolute Gasteiger partial charge is 0.369 e. The van der Waals surface area contributed by atoms with Gasteiger partial charge in [-0.3, -0.25) is 0 Å². The van der Waals surface area contributed by atoms with E-state index in [0.29, 0.717) is 5.88 Å². The van der Waals surface area contributed by atoms with E-state index in [2.05, 4.69) is 46.0 Å². The van der Waals surface area contributed by atoms with Crippen molar-refractivity contribution in [3.63, 3.8) is 0 Å². The zero-order valence-electron chi connectivity index (χ0n) is 8.84. The summed E-state index contributed by atoms with van der Waals surface area (Å²) < 4.78 is 1.12. The van der Waals surface area contributed by atoms with Crippen molar-refractivity contribution in [2.45, 2.75) is 31.7 Å². The quantitative estimate of drug-likeness (QED) is 0.751. The maximum Gasteiger partial charge on any atom is 0.0485 e. The van der Waals surface area contributed by atoms with Gasteiger partial charge in [0.2, 0.25) is 0 Å². The first-order valence-corrected chi connectivity index (χ1v) is 6.70. The lowest BCUT2D eigenvalue weighted by molar-refractivity contribution is 0.826. The van der Waals surface area contributed by atoms with E-state index in [1.807, 2.05) is 0 Å². The summed E-state index contributed by atoms with van der Waals surface area (Å²) in [5.41, 5.74) is 2.47. The first-order chi connectivity index (χ1) is 7.26. The Kier molecular flexibility index (Phi) is 3.57. The van der Waals surface area contributed by atoms with Gasteiger partial charge < -0.3 is 4.90 Å². The maximum absolute atomic E-state index is 5.83. The summed E-state index contributed by atoms with van der Waals surface area (Å²) in [6, 6.07) is 7.23.